The van der Waals surface area contributed by atoms with Crippen LogP contribution in [0.3, 0.4) is 0 Å². The first-order chi connectivity index (χ1) is 9.86. The smallest absolute Gasteiger partial charge is 0.329 e. The minimum Gasteiger partial charge on any atom is -0.479 e. The van der Waals surface area contributed by atoms with E-state index in [4.69, 9.17) is 11.6 Å². The molecule has 0 spiro atoms. The Labute approximate surface area is 129 Å². The van der Waals surface area contributed by atoms with Crippen molar-refractivity contribution in [2.45, 2.75) is 45.1 Å². The molecule has 2 rings (SSSR count). The van der Waals surface area contributed by atoms with Crippen LogP contribution in [0.5, 0.6) is 0 Å². The molecule has 1 fully saturated rings. The van der Waals surface area contributed by atoms with E-state index in [1.54, 1.807) is 25.1 Å². The molecule has 0 aromatic heterocycles. The molecule has 114 valence electrons. The minimum atomic E-state index is -1.17. The summed E-state index contributed by atoms with van der Waals surface area (Å²) in [6.45, 7) is 3.68. The van der Waals surface area contributed by atoms with E-state index < -0.39 is 11.5 Å². The average molecular weight is 310 g/mol. The molecule has 2 unspecified atom stereocenters. The number of carbonyl (C=O) groups excluding carboxylic acids is 1. The molecule has 0 saturated heterocycles. The van der Waals surface area contributed by atoms with E-state index in [1.807, 2.05) is 6.92 Å². The average Bonchev–Trinajstić information content (AvgIpc) is 2.41. The number of carbonyl (C=O) groups is 2. The maximum Gasteiger partial charge on any atom is 0.329 e. The summed E-state index contributed by atoms with van der Waals surface area (Å²) in [5.74, 6) is -1.38. The van der Waals surface area contributed by atoms with Crippen LogP contribution in [0.25, 0.3) is 0 Å². The third kappa shape index (κ3) is 3.05. The summed E-state index contributed by atoms with van der Waals surface area (Å²) in [6.07, 6.45) is 3.11. The van der Waals surface area contributed by atoms with Crippen LogP contribution in [0.2, 0.25) is 5.02 Å². The van der Waals surface area contributed by atoms with Crippen LogP contribution in [-0.4, -0.2) is 22.5 Å². The Hall–Kier alpha value is -1.55. The summed E-state index contributed by atoms with van der Waals surface area (Å²) in [7, 11) is 0. The lowest BCUT2D eigenvalue weighted by molar-refractivity contribution is -0.148. The highest BCUT2D eigenvalue weighted by Gasteiger charge is 2.46. The maximum atomic E-state index is 12.5. The summed E-state index contributed by atoms with van der Waals surface area (Å²) in [4.78, 5) is 24.2. The van der Waals surface area contributed by atoms with Gasteiger partial charge in [-0.05, 0) is 49.4 Å². The summed E-state index contributed by atoms with van der Waals surface area (Å²) in [6, 6.07) is 4.98. The molecule has 0 bridgehead atoms. The standard InChI is InChI=1S/C16H20ClNO3/c1-10-9-12(17)6-7-13(10)14(19)18-16(15(20)21)8-4-3-5-11(16)2/h6-7,9,11H,3-5,8H2,1-2H3,(H,18,19)(H,20,21). The van der Waals surface area contributed by atoms with Crippen LogP contribution < -0.4 is 5.32 Å². The number of hydrogen-bond acceptors (Lipinski definition) is 2. The molecule has 2 N–H and O–H groups in total. The molecule has 0 heterocycles. The van der Waals surface area contributed by atoms with Gasteiger partial charge in [0.15, 0.2) is 0 Å². The summed E-state index contributed by atoms with van der Waals surface area (Å²) in [5.41, 5.74) is 0.0447. The van der Waals surface area contributed by atoms with Gasteiger partial charge in [0.2, 0.25) is 0 Å². The van der Waals surface area contributed by atoms with Crippen LogP contribution in [0.15, 0.2) is 18.2 Å². The lowest BCUT2D eigenvalue weighted by Gasteiger charge is -2.39. The molecule has 1 aromatic rings. The Morgan fingerprint density at radius 3 is 2.67 bits per heavy atom. The van der Waals surface area contributed by atoms with E-state index in [2.05, 4.69) is 5.32 Å². The minimum absolute atomic E-state index is 0.0830. The second-order valence-corrected chi connectivity index (χ2v) is 6.27. The van der Waals surface area contributed by atoms with Crippen molar-refractivity contribution < 1.29 is 14.7 Å². The van der Waals surface area contributed by atoms with Gasteiger partial charge in [-0.25, -0.2) is 4.79 Å². The van der Waals surface area contributed by atoms with Crippen LogP contribution in [0.4, 0.5) is 0 Å². The van der Waals surface area contributed by atoms with E-state index >= 15 is 0 Å². The predicted octanol–water partition coefficient (Wildman–Crippen LogP) is 3.41. The first-order valence-corrected chi connectivity index (χ1v) is 7.56. The van der Waals surface area contributed by atoms with E-state index in [1.165, 1.54) is 0 Å². The number of rotatable bonds is 3. The number of nitrogens with one attached hydrogen (secondary N) is 1. The molecule has 1 saturated carbocycles. The second-order valence-electron chi connectivity index (χ2n) is 5.84. The van der Waals surface area contributed by atoms with Gasteiger partial charge in [-0.3, -0.25) is 4.79 Å². The number of carboxylic acid groups (broad SMARTS) is 1. The summed E-state index contributed by atoms with van der Waals surface area (Å²) >= 11 is 5.89. The first-order valence-electron chi connectivity index (χ1n) is 7.19. The van der Waals surface area contributed by atoms with Crippen LogP contribution in [0.1, 0.15) is 48.5 Å². The van der Waals surface area contributed by atoms with Gasteiger partial charge >= 0.3 is 5.97 Å². The molecule has 21 heavy (non-hydrogen) atoms. The lowest BCUT2D eigenvalue weighted by atomic mass is 9.73. The zero-order chi connectivity index (χ0) is 15.6. The second kappa shape index (κ2) is 6.06. The van der Waals surface area contributed by atoms with Crippen LogP contribution in [0, 0.1) is 12.8 Å². The van der Waals surface area contributed by atoms with Gasteiger partial charge in [0.1, 0.15) is 5.54 Å². The highest BCUT2D eigenvalue weighted by Crippen LogP contribution is 2.34. The van der Waals surface area contributed by atoms with Gasteiger partial charge in [-0.15, -0.1) is 0 Å². The molecular weight excluding hydrogens is 290 g/mol. The quantitative estimate of drug-likeness (QED) is 0.899. The van der Waals surface area contributed by atoms with Gasteiger partial charge in [-0.2, -0.15) is 0 Å². The Morgan fingerprint density at radius 2 is 2.10 bits per heavy atom. The maximum absolute atomic E-state index is 12.5. The molecule has 1 aliphatic carbocycles. The topological polar surface area (TPSA) is 66.4 Å². The molecule has 5 heteroatoms. The van der Waals surface area contributed by atoms with Gasteiger partial charge in [0.05, 0.1) is 0 Å². The highest BCUT2D eigenvalue weighted by atomic mass is 35.5. The number of carboxylic acids is 1. The Balaban J connectivity index is 2.28. The van der Waals surface area contributed by atoms with E-state index in [0.29, 0.717) is 17.0 Å². The van der Waals surface area contributed by atoms with Crippen LogP contribution >= 0.6 is 11.6 Å². The number of aryl methyl sites for hydroxylation is 1. The van der Waals surface area contributed by atoms with Crippen molar-refractivity contribution in [3.63, 3.8) is 0 Å². The highest BCUT2D eigenvalue weighted by molar-refractivity contribution is 6.30. The third-order valence-electron chi connectivity index (χ3n) is 4.45. The SMILES string of the molecule is Cc1cc(Cl)ccc1C(=O)NC1(C(=O)O)CCCCC1C. The predicted molar refractivity (Wildman–Crippen MR) is 81.7 cm³/mol. The number of amides is 1. The van der Waals surface area contributed by atoms with Crippen molar-refractivity contribution in [2.75, 3.05) is 0 Å². The van der Waals surface area contributed by atoms with Gasteiger partial charge in [0.25, 0.3) is 5.91 Å². The monoisotopic (exact) mass is 309 g/mol. The van der Waals surface area contributed by atoms with Crippen molar-refractivity contribution in [2.24, 2.45) is 5.92 Å². The van der Waals surface area contributed by atoms with Gasteiger partial charge < -0.3 is 10.4 Å². The van der Waals surface area contributed by atoms with E-state index in [-0.39, 0.29) is 11.8 Å². The summed E-state index contributed by atoms with van der Waals surface area (Å²) < 4.78 is 0. The van der Waals surface area contributed by atoms with Crippen molar-refractivity contribution in [1.82, 2.24) is 5.32 Å². The first kappa shape index (κ1) is 15.8. The Bertz CT molecular complexity index is 573. The zero-order valence-electron chi connectivity index (χ0n) is 12.3. The number of aliphatic carboxylic acids is 1. The molecular formula is C16H20ClNO3. The van der Waals surface area contributed by atoms with E-state index in [0.717, 1.165) is 24.8 Å². The van der Waals surface area contributed by atoms with Crippen molar-refractivity contribution in [1.29, 1.82) is 0 Å². The largest absolute Gasteiger partial charge is 0.479 e. The normalized spacial score (nSPS) is 25.4. The molecule has 4 nitrogen and oxygen atoms in total. The zero-order valence-corrected chi connectivity index (χ0v) is 13.0. The van der Waals surface area contributed by atoms with Crippen molar-refractivity contribution >= 4 is 23.5 Å². The molecule has 1 aromatic carbocycles. The fourth-order valence-corrected chi connectivity index (χ4v) is 3.28. The Morgan fingerprint density at radius 1 is 1.38 bits per heavy atom. The van der Waals surface area contributed by atoms with Gasteiger partial charge in [0, 0.05) is 10.6 Å². The van der Waals surface area contributed by atoms with Gasteiger partial charge in [-0.1, -0.05) is 31.4 Å². The molecule has 1 aliphatic rings. The van der Waals surface area contributed by atoms with Crippen LogP contribution in [-0.2, 0) is 4.79 Å². The Kier molecular flexibility index (Phi) is 4.57. The fraction of sp³-hybridized carbons (Fsp3) is 0.500. The number of benzene rings is 1. The molecule has 1 amide bonds. The molecule has 0 aliphatic heterocycles. The van der Waals surface area contributed by atoms with Crippen molar-refractivity contribution in [3.05, 3.63) is 34.3 Å². The molecule has 2 atom stereocenters. The summed E-state index contributed by atoms with van der Waals surface area (Å²) in [5, 5.41) is 13.0. The van der Waals surface area contributed by atoms with E-state index in [9.17, 15) is 14.7 Å². The lowest BCUT2D eigenvalue weighted by Crippen LogP contribution is -2.60. The number of hydrogen-bond donors (Lipinski definition) is 2. The third-order valence-corrected chi connectivity index (χ3v) is 4.69. The molecule has 0 radical (unpaired) electrons. The van der Waals surface area contributed by atoms with Crippen molar-refractivity contribution in [3.8, 4) is 0 Å². The number of halogens is 1. The fourth-order valence-electron chi connectivity index (χ4n) is 3.06.